The summed E-state index contributed by atoms with van der Waals surface area (Å²) < 4.78 is 17.8. The van der Waals surface area contributed by atoms with Gasteiger partial charge in [0.05, 0.1) is 33.1 Å². The van der Waals surface area contributed by atoms with Crippen molar-refractivity contribution >= 4 is 18.4 Å². The van der Waals surface area contributed by atoms with Crippen LogP contribution in [0.1, 0.15) is 5.56 Å². The van der Waals surface area contributed by atoms with Crippen molar-refractivity contribution < 1.29 is 14.2 Å². The Morgan fingerprint density at radius 3 is 2.35 bits per heavy atom. The van der Waals surface area contributed by atoms with E-state index in [0.717, 1.165) is 16.9 Å². The normalized spacial score (nSPS) is 10.9. The Morgan fingerprint density at radius 1 is 1.00 bits per heavy atom. The van der Waals surface area contributed by atoms with Gasteiger partial charge in [-0.05, 0) is 54.2 Å². The SMILES string of the molecule is COc1ccc(/C=N\n2c(-c3ccc(OC)cc3OC)n[nH]c2=S)cc1. The first-order valence-corrected chi connectivity index (χ1v) is 8.15. The van der Waals surface area contributed by atoms with E-state index in [1.165, 1.54) is 0 Å². The molecule has 1 heterocycles. The molecule has 0 spiro atoms. The minimum Gasteiger partial charge on any atom is -0.497 e. The number of aromatic amines is 1. The second-order valence-corrected chi connectivity index (χ2v) is 5.63. The third kappa shape index (κ3) is 3.60. The Kier molecular flexibility index (Phi) is 5.33. The number of rotatable bonds is 6. The standard InChI is InChI=1S/C18H18N4O3S/c1-23-13-6-4-12(5-7-13)11-19-22-17(20-21-18(22)26)15-9-8-14(24-2)10-16(15)25-3/h4-11H,1-3H3,(H,21,26)/b19-11-. The summed E-state index contributed by atoms with van der Waals surface area (Å²) in [7, 11) is 4.82. The lowest BCUT2D eigenvalue weighted by molar-refractivity contribution is 0.395. The number of hydrogen-bond acceptors (Lipinski definition) is 6. The molecule has 0 aliphatic heterocycles. The largest absolute Gasteiger partial charge is 0.497 e. The summed E-state index contributed by atoms with van der Waals surface area (Å²) in [5.74, 6) is 2.62. The molecule has 3 aromatic rings. The number of methoxy groups -OCH3 is 3. The first-order valence-electron chi connectivity index (χ1n) is 7.74. The summed E-state index contributed by atoms with van der Waals surface area (Å²) in [4.78, 5) is 0. The van der Waals surface area contributed by atoms with Gasteiger partial charge in [-0.1, -0.05) is 0 Å². The molecule has 0 fully saturated rings. The molecule has 1 N–H and O–H groups in total. The van der Waals surface area contributed by atoms with Crippen LogP contribution in [0, 0.1) is 4.77 Å². The van der Waals surface area contributed by atoms with Gasteiger partial charge in [-0.25, -0.2) is 5.10 Å². The molecule has 0 aliphatic carbocycles. The molecule has 0 aliphatic rings. The van der Waals surface area contributed by atoms with Crippen molar-refractivity contribution in [3.05, 3.63) is 52.8 Å². The van der Waals surface area contributed by atoms with Gasteiger partial charge in [0.1, 0.15) is 17.2 Å². The zero-order chi connectivity index (χ0) is 18.5. The Balaban J connectivity index is 1.99. The van der Waals surface area contributed by atoms with E-state index in [0.29, 0.717) is 22.1 Å². The van der Waals surface area contributed by atoms with Gasteiger partial charge in [-0.3, -0.25) is 0 Å². The van der Waals surface area contributed by atoms with Crippen LogP contribution in [-0.2, 0) is 0 Å². The van der Waals surface area contributed by atoms with Gasteiger partial charge < -0.3 is 14.2 Å². The smallest absolute Gasteiger partial charge is 0.216 e. The van der Waals surface area contributed by atoms with Gasteiger partial charge in [0, 0.05) is 6.07 Å². The molecule has 0 bridgehead atoms. The minimum atomic E-state index is 0.377. The highest BCUT2D eigenvalue weighted by Crippen LogP contribution is 2.32. The van der Waals surface area contributed by atoms with Crippen molar-refractivity contribution in [2.75, 3.05) is 21.3 Å². The maximum atomic E-state index is 5.45. The lowest BCUT2D eigenvalue weighted by atomic mass is 10.2. The van der Waals surface area contributed by atoms with E-state index in [4.69, 9.17) is 26.4 Å². The van der Waals surface area contributed by atoms with E-state index in [-0.39, 0.29) is 0 Å². The van der Waals surface area contributed by atoms with Gasteiger partial charge >= 0.3 is 0 Å². The molecule has 134 valence electrons. The molecule has 0 saturated carbocycles. The molecule has 0 radical (unpaired) electrons. The summed E-state index contributed by atoms with van der Waals surface area (Å²) in [6.45, 7) is 0. The molecule has 0 amide bonds. The van der Waals surface area contributed by atoms with Crippen LogP contribution in [0.3, 0.4) is 0 Å². The second-order valence-electron chi connectivity index (χ2n) is 5.25. The summed E-state index contributed by atoms with van der Waals surface area (Å²) in [5.41, 5.74) is 1.65. The van der Waals surface area contributed by atoms with Gasteiger partial charge in [-0.2, -0.15) is 14.9 Å². The van der Waals surface area contributed by atoms with E-state index >= 15 is 0 Å². The molecule has 3 rings (SSSR count). The van der Waals surface area contributed by atoms with Crippen molar-refractivity contribution in [1.29, 1.82) is 0 Å². The predicted octanol–water partition coefficient (Wildman–Crippen LogP) is 3.52. The third-order valence-corrected chi connectivity index (χ3v) is 4.00. The molecule has 26 heavy (non-hydrogen) atoms. The Hall–Kier alpha value is -3.13. The molecule has 1 aromatic heterocycles. The maximum Gasteiger partial charge on any atom is 0.216 e. The van der Waals surface area contributed by atoms with Crippen LogP contribution in [0.2, 0.25) is 0 Å². The zero-order valence-electron chi connectivity index (χ0n) is 14.6. The van der Waals surface area contributed by atoms with Crippen molar-refractivity contribution in [3.63, 3.8) is 0 Å². The minimum absolute atomic E-state index is 0.377. The first kappa shape index (κ1) is 17.7. The molecular weight excluding hydrogens is 352 g/mol. The van der Waals surface area contributed by atoms with Gasteiger partial charge in [0.2, 0.25) is 4.77 Å². The lowest BCUT2D eigenvalue weighted by Crippen LogP contribution is -1.98. The fraction of sp³-hybridized carbons (Fsp3) is 0.167. The number of benzene rings is 2. The van der Waals surface area contributed by atoms with Gasteiger partial charge in [0.15, 0.2) is 5.82 Å². The molecule has 7 nitrogen and oxygen atoms in total. The first-order chi connectivity index (χ1) is 12.7. The Labute approximate surface area is 155 Å². The average molecular weight is 370 g/mol. The molecule has 2 aromatic carbocycles. The number of nitrogens with one attached hydrogen (secondary N) is 1. The lowest BCUT2D eigenvalue weighted by Gasteiger charge is -2.09. The highest BCUT2D eigenvalue weighted by Gasteiger charge is 2.14. The van der Waals surface area contributed by atoms with Crippen molar-refractivity contribution in [2.24, 2.45) is 5.10 Å². The summed E-state index contributed by atoms with van der Waals surface area (Å²) in [6, 6.07) is 13.0. The maximum absolute atomic E-state index is 5.45. The van der Waals surface area contributed by atoms with E-state index in [1.807, 2.05) is 36.4 Å². The van der Waals surface area contributed by atoms with Crippen molar-refractivity contribution in [3.8, 4) is 28.6 Å². The zero-order valence-corrected chi connectivity index (χ0v) is 15.4. The van der Waals surface area contributed by atoms with E-state index < -0.39 is 0 Å². The molecule has 0 saturated heterocycles. The van der Waals surface area contributed by atoms with Crippen molar-refractivity contribution in [2.45, 2.75) is 0 Å². The number of hydrogen-bond donors (Lipinski definition) is 1. The van der Waals surface area contributed by atoms with Crippen LogP contribution in [0.5, 0.6) is 17.2 Å². The van der Waals surface area contributed by atoms with Crippen LogP contribution in [0.4, 0.5) is 0 Å². The Morgan fingerprint density at radius 2 is 1.69 bits per heavy atom. The molecule has 8 heteroatoms. The van der Waals surface area contributed by atoms with Crippen LogP contribution in [0.25, 0.3) is 11.4 Å². The number of nitrogens with zero attached hydrogens (tertiary/aromatic N) is 3. The number of ether oxygens (including phenoxy) is 3. The fourth-order valence-corrected chi connectivity index (χ4v) is 2.55. The quantitative estimate of drug-likeness (QED) is 0.531. The monoisotopic (exact) mass is 370 g/mol. The topological polar surface area (TPSA) is 73.7 Å². The predicted molar refractivity (Wildman–Crippen MR) is 102 cm³/mol. The summed E-state index contributed by atoms with van der Waals surface area (Å²) in [6.07, 6.45) is 1.70. The highest BCUT2D eigenvalue weighted by molar-refractivity contribution is 7.71. The molecule has 0 atom stereocenters. The highest BCUT2D eigenvalue weighted by atomic mass is 32.1. The van der Waals surface area contributed by atoms with Gasteiger partial charge in [-0.15, -0.1) is 0 Å². The van der Waals surface area contributed by atoms with Crippen molar-refractivity contribution in [1.82, 2.24) is 14.9 Å². The van der Waals surface area contributed by atoms with Gasteiger partial charge in [0.25, 0.3) is 0 Å². The molecular formula is C18H18N4O3S. The number of H-pyrrole nitrogens is 1. The van der Waals surface area contributed by atoms with Crippen LogP contribution in [0.15, 0.2) is 47.6 Å². The fourth-order valence-electron chi connectivity index (χ4n) is 2.37. The molecule has 0 unspecified atom stereocenters. The summed E-state index contributed by atoms with van der Waals surface area (Å²) >= 11 is 5.30. The van der Waals surface area contributed by atoms with E-state index in [9.17, 15) is 0 Å². The van der Waals surface area contributed by atoms with Crippen LogP contribution < -0.4 is 14.2 Å². The van der Waals surface area contributed by atoms with E-state index in [1.54, 1.807) is 38.3 Å². The second kappa shape index (κ2) is 7.83. The summed E-state index contributed by atoms with van der Waals surface area (Å²) in [5, 5.41) is 11.5. The van der Waals surface area contributed by atoms with E-state index in [2.05, 4.69) is 15.3 Å². The van der Waals surface area contributed by atoms with Crippen LogP contribution in [-0.4, -0.2) is 42.4 Å². The van der Waals surface area contributed by atoms with Crippen LogP contribution >= 0.6 is 12.2 Å². The third-order valence-electron chi connectivity index (χ3n) is 3.74. The average Bonchev–Trinajstić information content (AvgIpc) is 3.06. The Bertz CT molecular complexity index is 977. The number of aromatic nitrogens is 3.